The summed E-state index contributed by atoms with van der Waals surface area (Å²) in [5.74, 6) is 0.745. The van der Waals surface area contributed by atoms with Gasteiger partial charge in [0.25, 0.3) is 0 Å². The van der Waals surface area contributed by atoms with Crippen molar-refractivity contribution in [2.45, 2.75) is 6.61 Å². The Hall–Kier alpha value is -1.26. The lowest BCUT2D eigenvalue weighted by Gasteiger charge is -2.05. The molecule has 0 fully saturated rings. The number of rotatable bonds is 4. The molecule has 1 aromatic rings. The number of hydrogen-bond acceptors (Lipinski definition) is 4. The van der Waals surface area contributed by atoms with E-state index >= 15 is 0 Å². The first-order valence-corrected chi connectivity index (χ1v) is 3.79. The lowest BCUT2D eigenvalue weighted by Crippen LogP contribution is -1.92. The van der Waals surface area contributed by atoms with Crippen molar-refractivity contribution in [3.63, 3.8) is 0 Å². The summed E-state index contributed by atoms with van der Waals surface area (Å²) < 4.78 is 4.92. The first-order chi connectivity index (χ1) is 6.27. The molecule has 0 aliphatic heterocycles. The van der Waals surface area contributed by atoms with E-state index in [0.717, 1.165) is 0 Å². The molecule has 72 valence electrons. The maximum absolute atomic E-state index is 9.43. The zero-order chi connectivity index (χ0) is 9.68. The van der Waals surface area contributed by atoms with Crippen LogP contribution >= 0.6 is 0 Å². The Morgan fingerprint density at radius 3 is 2.62 bits per heavy atom. The van der Waals surface area contributed by atoms with Crippen molar-refractivity contribution in [1.82, 2.24) is 0 Å². The van der Waals surface area contributed by atoms with Gasteiger partial charge in [0.1, 0.15) is 18.1 Å². The predicted octanol–water partition coefficient (Wildman–Crippen LogP) is 1.48. The largest absolute Gasteiger partial charge is 0.507 e. The Labute approximate surface area is 76.6 Å². The average molecular weight is 184 g/mol. The standard InChI is InChI=1S/C9H12O4/c1-11-8-4-3-7(6-13-12-2)9(10)5-8/h3-5,10H,6H2,1-2H3. The second-order valence-corrected chi connectivity index (χ2v) is 2.42. The van der Waals surface area contributed by atoms with Gasteiger partial charge in [0, 0.05) is 11.6 Å². The summed E-state index contributed by atoms with van der Waals surface area (Å²) in [7, 11) is 2.96. The fourth-order valence-electron chi connectivity index (χ4n) is 0.915. The number of aromatic hydroxyl groups is 1. The highest BCUT2D eigenvalue weighted by atomic mass is 17.2. The summed E-state index contributed by atoms with van der Waals surface area (Å²) in [6.45, 7) is 0.215. The maximum Gasteiger partial charge on any atom is 0.124 e. The third kappa shape index (κ3) is 2.61. The van der Waals surface area contributed by atoms with E-state index in [1.54, 1.807) is 19.2 Å². The van der Waals surface area contributed by atoms with Crippen LogP contribution in [0.15, 0.2) is 18.2 Å². The van der Waals surface area contributed by atoms with Gasteiger partial charge in [0.05, 0.1) is 14.2 Å². The minimum absolute atomic E-state index is 0.136. The Morgan fingerprint density at radius 1 is 1.31 bits per heavy atom. The van der Waals surface area contributed by atoms with Crippen LogP contribution in [0.3, 0.4) is 0 Å². The number of benzene rings is 1. The molecule has 4 nitrogen and oxygen atoms in total. The molecule has 0 aliphatic carbocycles. The van der Waals surface area contributed by atoms with E-state index in [4.69, 9.17) is 4.74 Å². The number of hydrogen-bond donors (Lipinski definition) is 1. The van der Waals surface area contributed by atoms with Gasteiger partial charge in [-0.1, -0.05) is 0 Å². The molecule has 1 N–H and O–H groups in total. The third-order valence-corrected chi connectivity index (χ3v) is 1.62. The summed E-state index contributed by atoms with van der Waals surface area (Å²) in [6, 6.07) is 4.98. The fraction of sp³-hybridized carbons (Fsp3) is 0.333. The Kier molecular flexibility index (Phi) is 3.54. The zero-order valence-corrected chi connectivity index (χ0v) is 7.61. The summed E-state index contributed by atoms with van der Waals surface area (Å²) in [5, 5.41) is 9.43. The second kappa shape index (κ2) is 4.69. The molecule has 0 saturated carbocycles. The molecule has 0 aromatic heterocycles. The molecule has 1 rings (SSSR count). The summed E-state index contributed by atoms with van der Waals surface area (Å²) in [4.78, 5) is 9.09. The number of phenolic OH excluding ortho intramolecular Hbond substituents is 1. The van der Waals surface area contributed by atoms with Gasteiger partial charge in [0.15, 0.2) is 0 Å². The van der Waals surface area contributed by atoms with Gasteiger partial charge in [-0.05, 0) is 12.1 Å². The van der Waals surface area contributed by atoms with Crippen molar-refractivity contribution in [1.29, 1.82) is 0 Å². The fourth-order valence-corrected chi connectivity index (χ4v) is 0.915. The molecule has 13 heavy (non-hydrogen) atoms. The monoisotopic (exact) mass is 184 g/mol. The number of phenols is 1. The van der Waals surface area contributed by atoms with Crippen LogP contribution in [0, 0.1) is 0 Å². The first-order valence-electron chi connectivity index (χ1n) is 3.79. The van der Waals surface area contributed by atoms with Crippen molar-refractivity contribution in [3.8, 4) is 11.5 Å². The Bertz CT molecular complexity index is 272. The minimum atomic E-state index is 0.136. The highest BCUT2D eigenvalue weighted by molar-refractivity contribution is 5.39. The lowest BCUT2D eigenvalue weighted by atomic mass is 10.2. The molecule has 1 aromatic carbocycles. The molecular weight excluding hydrogens is 172 g/mol. The van der Waals surface area contributed by atoms with Gasteiger partial charge in [-0.25, -0.2) is 9.78 Å². The van der Waals surface area contributed by atoms with E-state index in [1.807, 2.05) is 0 Å². The normalized spacial score (nSPS) is 10.0. The van der Waals surface area contributed by atoms with Gasteiger partial charge in [-0.3, -0.25) is 0 Å². The van der Waals surface area contributed by atoms with Crippen LogP contribution < -0.4 is 4.74 Å². The molecule has 4 heteroatoms. The third-order valence-electron chi connectivity index (χ3n) is 1.62. The van der Waals surface area contributed by atoms with Crippen LogP contribution in [-0.2, 0) is 16.4 Å². The molecule has 0 aliphatic rings. The van der Waals surface area contributed by atoms with Crippen molar-refractivity contribution in [3.05, 3.63) is 23.8 Å². The predicted molar refractivity (Wildman–Crippen MR) is 46.5 cm³/mol. The summed E-state index contributed by atoms with van der Waals surface area (Å²) in [5.41, 5.74) is 0.655. The van der Waals surface area contributed by atoms with Gasteiger partial charge in [-0.2, -0.15) is 0 Å². The first kappa shape index (κ1) is 9.83. The molecule has 0 radical (unpaired) electrons. The molecule has 0 unspecified atom stereocenters. The molecule has 0 atom stereocenters. The average Bonchev–Trinajstić information content (AvgIpc) is 2.16. The Balaban J connectivity index is 2.73. The molecule has 0 saturated heterocycles. The van der Waals surface area contributed by atoms with E-state index in [0.29, 0.717) is 11.3 Å². The summed E-state index contributed by atoms with van der Waals surface area (Å²) >= 11 is 0. The number of methoxy groups -OCH3 is 1. The van der Waals surface area contributed by atoms with E-state index in [2.05, 4.69) is 9.78 Å². The van der Waals surface area contributed by atoms with Gasteiger partial charge in [0.2, 0.25) is 0 Å². The molecule has 0 amide bonds. The van der Waals surface area contributed by atoms with E-state index in [9.17, 15) is 5.11 Å². The van der Waals surface area contributed by atoms with E-state index in [1.165, 1.54) is 13.2 Å². The molecule has 0 heterocycles. The van der Waals surface area contributed by atoms with Gasteiger partial charge in [-0.15, -0.1) is 0 Å². The minimum Gasteiger partial charge on any atom is -0.507 e. The van der Waals surface area contributed by atoms with E-state index < -0.39 is 0 Å². The topological polar surface area (TPSA) is 47.9 Å². The zero-order valence-electron chi connectivity index (χ0n) is 7.61. The van der Waals surface area contributed by atoms with Crippen molar-refractivity contribution < 1.29 is 19.6 Å². The smallest absolute Gasteiger partial charge is 0.124 e. The molecule has 0 spiro atoms. The SMILES string of the molecule is COOCc1ccc(OC)cc1O. The van der Waals surface area contributed by atoms with Crippen molar-refractivity contribution >= 4 is 0 Å². The second-order valence-electron chi connectivity index (χ2n) is 2.42. The van der Waals surface area contributed by atoms with E-state index in [-0.39, 0.29) is 12.4 Å². The van der Waals surface area contributed by atoms with Crippen LogP contribution in [0.1, 0.15) is 5.56 Å². The van der Waals surface area contributed by atoms with Crippen LogP contribution in [0.5, 0.6) is 11.5 Å². The van der Waals surface area contributed by atoms with Gasteiger partial charge < -0.3 is 9.84 Å². The number of ether oxygens (including phenoxy) is 1. The van der Waals surface area contributed by atoms with Crippen LogP contribution in [0.25, 0.3) is 0 Å². The molecular formula is C9H12O4. The maximum atomic E-state index is 9.43. The van der Waals surface area contributed by atoms with Crippen LogP contribution in [-0.4, -0.2) is 19.3 Å². The Morgan fingerprint density at radius 2 is 2.08 bits per heavy atom. The van der Waals surface area contributed by atoms with Gasteiger partial charge >= 0.3 is 0 Å². The van der Waals surface area contributed by atoms with Crippen molar-refractivity contribution in [2.24, 2.45) is 0 Å². The highest BCUT2D eigenvalue weighted by Gasteiger charge is 2.02. The lowest BCUT2D eigenvalue weighted by molar-refractivity contribution is -0.282. The quantitative estimate of drug-likeness (QED) is 0.568. The summed E-state index contributed by atoms with van der Waals surface area (Å²) in [6.07, 6.45) is 0. The van der Waals surface area contributed by atoms with Crippen LogP contribution in [0.4, 0.5) is 0 Å². The highest BCUT2D eigenvalue weighted by Crippen LogP contribution is 2.23. The molecule has 0 bridgehead atoms. The van der Waals surface area contributed by atoms with Crippen molar-refractivity contribution in [2.75, 3.05) is 14.2 Å². The van der Waals surface area contributed by atoms with Crippen LogP contribution in [0.2, 0.25) is 0 Å².